The third kappa shape index (κ3) is 5.41. The largest absolute Gasteiger partial charge is 0.357 e. The van der Waals surface area contributed by atoms with Crippen LogP contribution in [0.5, 0.6) is 0 Å². The van der Waals surface area contributed by atoms with Crippen LogP contribution in [0.1, 0.15) is 26.3 Å². The molecule has 1 aromatic rings. The van der Waals surface area contributed by atoms with Crippen molar-refractivity contribution < 1.29 is 8.42 Å². The van der Waals surface area contributed by atoms with E-state index in [-0.39, 0.29) is 5.75 Å². The summed E-state index contributed by atoms with van der Waals surface area (Å²) in [5.74, 6) is 0.686. The molecular weight excluding hydrogens is 288 g/mol. The summed E-state index contributed by atoms with van der Waals surface area (Å²) in [7, 11) is 0.517. The van der Waals surface area contributed by atoms with Crippen LogP contribution in [0, 0.1) is 0 Å². The van der Waals surface area contributed by atoms with E-state index in [1.807, 2.05) is 30.1 Å². The summed E-state index contributed by atoms with van der Waals surface area (Å²) in [5, 5.41) is 6.18. The number of guanidine groups is 1. The van der Waals surface area contributed by atoms with Gasteiger partial charge >= 0.3 is 0 Å². The predicted octanol–water partition coefficient (Wildman–Crippen LogP) is 0.903. The molecule has 0 spiro atoms. The highest BCUT2D eigenvalue weighted by Gasteiger charge is 2.28. The summed E-state index contributed by atoms with van der Waals surface area (Å²) >= 11 is 0. The van der Waals surface area contributed by atoms with Gasteiger partial charge in [-0.2, -0.15) is 0 Å². The highest BCUT2D eigenvalue weighted by atomic mass is 32.2. The molecule has 0 fully saturated rings. The van der Waals surface area contributed by atoms with Crippen molar-refractivity contribution in [2.45, 2.75) is 32.1 Å². The van der Waals surface area contributed by atoms with Crippen molar-refractivity contribution >= 4 is 15.8 Å². The van der Waals surface area contributed by atoms with Gasteiger partial charge in [0.05, 0.1) is 10.5 Å². The van der Waals surface area contributed by atoms with E-state index in [0.29, 0.717) is 19.0 Å². The molecule has 0 aromatic carbocycles. The van der Waals surface area contributed by atoms with Crippen molar-refractivity contribution in [3.63, 3.8) is 0 Å². The number of aromatic nitrogens is 1. The van der Waals surface area contributed by atoms with Gasteiger partial charge in [-0.05, 0) is 32.4 Å². The van der Waals surface area contributed by atoms with E-state index in [1.165, 1.54) is 0 Å². The van der Waals surface area contributed by atoms with Crippen molar-refractivity contribution in [1.82, 2.24) is 15.2 Å². The molecule has 120 valence electrons. The van der Waals surface area contributed by atoms with Crippen molar-refractivity contribution in [2.24, 2.45) is 12.0 Å². The van der Waals surface area contributed by atoms with Crippen LogP contribution in [0.2, 0.25) is 0 Å². The molecule has 2 N–H and O–H groups in total. The average Bonchev–Trinajstić information content (AvgIpc) is 2.78. The summed E-state index contributed by atoms with van der Waals surface area (Å²) in [6, 6.07) is 2.02. The number of hydrogen-bond acceptors (Lipinski definition) is 3. The maximum atomic E-state index is 12.0. The maximum absolute atomic E-state index is 12.0. The second kappa shape index (κ2) is 6.98. The van der Waals surface area contributed by atoms with Crippen LogP contribution in [0.4, 0.5) is 0 Å². The van der Waals surface area contributed by atoms with Gasteiger partial charge in [0.15, 0.2) is 15.8 Å². The molecule has 0 unspecified atom stereocenters. The monoisotopic (exact) mass is 314 g/mol. The Labute approximate surface area is 127 Å². The predicted molar refractivity (Wildman–Crippen MR) is 87.2 cm³/mol. The van der Waals surface area contributed by atoms with E-state index in [4.69, 9.17) is 0 Å². The van der Waals surface area contributed by atoms with Gasteiger partial charge in [0.25, 0.3) is 0 Å². The van der Waals surface area contributed by atoms with Gasteiger partial charge in [-0.25, -0.2) is 8.42 Å². The minimum absolute atomic E-state index is 0.0859. The second-order valence-corrected chi connectivity index (χ2v) is 8.83. The highest BCUT2D eigenvalue weighted by Crippen LogP contribution is 2.15. The molecule has 7 heteroatoms. The van der Waals surface area contributed by atoms with Crippen LogP contribution in [0.15, 0.2) is 23.5 Å². The Morgan fingerprint density at radius 2 is 2.00 bits per heavy atom. The van der Waals surface area contributed by atoms with Crippen molar-refractivity contribution in [3.8, 4) is 0 Å². The van der Waals surface area contributed by atoms with Crippen LogP contribution in [0.25, 0.3) is 0 Å². The molecule has 0 atom stereocenters. The molecule has 1 heterocycles. The van der Waals surface area contributed by atoms with Gasteiger partial charge in [0, 0.05) is 39.6 Å². The molecule has 0 bridgehead atoms. The van der Waals surface area contributed by atoms with Crippen LogP contribution in [-0.2, 0) is 23.4 Å². The summed E-state index contributed by atoms with van der Waals surface area (Å²) in [5.41, 5.74) is 1.14. The van der Waals surface area contributed by atoms with E-state index >= 15 is 0 Å². The molecule has 1 rings (SSSR count). The van der Waals surface area contributed by atoms with Crippen LogP contribution >= 0.6 is 0 Å². The first kappa shape index (κ1) is 17.6. The minimum atomic E-state index is -3.11. The molecule has 0 saturated carbocycles. The Balaban J connectivity index is 2.42. The van der Waals surface area contributed by atoms with E-state index in [9.17, 15) is 8.42 Å². The molecule has 0 amide bonds. The quantitative estimate of drug-likeness (QED) is 0.625. The Morgan fingerprint density at radius 1 is 1.33 bits per heavy atom. The molecule has 0 saturated heterocycles. The summed E-state index contributed by atoms with van der Waals surface area (Å²) in [4.78, 5) is 4.08. The highest BCUT2D eigenvalue weighted by molar-refractivity contribution is 7.92. The van der Waals surface area contributed by atoms with Crippen LogP contribution in [-0.4, -0.2) is 43.0 Å². The number of hydrogen-bond donors (Lipinski definition) is 2. The topological polar surface area (TPSA) is 75.5 Å². The number of sulfone groups is 1. The Morgan fingerprint density at radius 3 is 2.48 bits per heavy atom. The van der Waals surface area contributed by atoms with Gasteiger partial charge < -0.3 is 15.2 Å². The van der Waals surface area contributed by atoms with Crippen LogP contribution < -0.4 is 10.6 Å². The fourth-order valence-electron chi connectivity index (χ4n) is 1.68. The number of rotatable bonds is 5. The van der Waals surface area contributed by atoms with E-state index in [1.54, 1.807) is 27.8 Å². The number of aryl methyl sites for hydroxylation is 1. The minimum Gasteiger partial charge on any atom is -0.357 e. The van der Waals surface area contributed by atoms with Crippen molar-refractivity contribution in [2.75, 3.05) is 19.3 Å². The lowest BCUT2D eigenvalue weighted by molar-refractivity contribution is 0.559. The molecule has 21 heavy (non-hydrogen) atoms. The Kier molecular flexibility index (Phi) is 5.83. The van der Waals surface area contributed by atoms with Gasteiger partial charge in [-0.1, -0.05) is 0 Å². The normalized spacial score (nSPS) is 13.3. The molecule has 0 radical (unpaired) electrons. The zero-order chi connectivity index (χ0) is 16.1. The summed E-state index contributed by atoms with van der Waals surface area (Å²) in [6.45, 7) is 6.13. The summed E-state index contributed by atoms with van der Waals surface area (Å²) in [6.07, 6.45) is 3.99. The average molecular weight is 314 g/mol. The van der Waals surface area contributed by atoms with E-state index < -0.39 is 14.6 Å². The molecule has 0 aliphatic rings. The number of aliphatic imine (C=N–C) groups is 1. The molecule has 1 aromatic heterocycles. The second-order valence-electron chi connectivity index (χ2n) is 5.97. The lowest BCUT2D eigenvalue weighted by Crippen LogP contribution is -2.41. The first-order valence-electron chi connectivity index (χ1n) is 6.93. The van der Waals surface area contributed by atoms with Gasteiger partial charge in [-0.3, -0.25) is 4.99 Å². The first-order valence-corrected chi connectivity index (χ1v) is 8.58. The SMILES string of the molecule is CN=C(NCCS(=O)(=O)C(C)(C)C)NCc1ccn(C)c1. The lowest BCUT2D eigenvalue weighted by atomic mass is 10.3. The first-order chi connectivity index (χ1) is 9.65. The maximum Gasteiger partial charge on any atom is 0.191 e. The molecule has 0 aliphatic heterocycles. The van der Waals surface area contributed by atoms with Crippen molar-refractivity contribution in [3.05, 3.63) is 24.0 Å². The van der Waals surface area contributed by atoms with E-state index in [0.717, 1.165) is 5.56 Å². The zero-order valence-electron chi connectivity index (χ0n) is 13.5. The Bertz CT molecular complexity index is 582. The molecule has 0 aliphatic carbocycles. The summed E-state index contributed by atoms with van der Waals surface area (Å²) < 4.78 is 25.3. The lowest BCUT2D eigenvalue weighted by Gasteiger charge is -2.19. The van der Waals surface area contributed by atoms with Gasteiger partial charge in [-0.15, -0.1) is 0 Å². The zero-order valence-corrected chi connectivity index (χ0v) is 14.3. The van der Waals surface area contributed by atoms with Gasteiger partial charge in [0.1, 0.15) is 0 Å². The molecule has 6 nitrogen and oxygen atoms in total. The fraction of sp³-hybridized carbons (Fsp3) is 0.643. The molecular formula is C14H26N4O2S. The third-order valence-corrected chi connectivity index (χ3v) is 5.78. The number of nitrogens with one attached hydrogen (secondary N) is 2. The van der Waals surface area contributed by atoms with Crippen molar-refractivity contribution in [1.29, 1.82) is 0 Å². The Hall–Kier alpha value is -1.50. The van der Waals surface area contributed by atoms with Gasteiger partial charge in [0.2, 0.25) is 0 Å². The standard InChI is InChI=1S/C14H26N4O2S/c1-14(2,3)21(19,20)9-7-16-13(15-4)17-10-12-6-8-18(5)11-12/h6,8,11H,7,9-10H2,1-5H3,(H2,15,16,17). The van der Waals surface area contributed by atoms with Crippen LogP contribution in [0.3, 0.4) is 0 Å². The number of nitrogens with zero attached hydrogens (tertiary/aromatic N) is 2. The fourth-order valence-corrected chi connectivity index (χ4v) is 2.67. The third-order valence-electron chi connectivity index (χ3n) is 3.17. The van der Waals surface area contributed by atoms with E-state index in [2.05, 4.69) is 15.6 Å². The smallest absolute Gasteiger partial charge is 0.191 e.